The molecule has 2 N–H and O–H groups in total. The van der Waals surface area contributed by atoms with Gasteiger partial charge in [0.15, 0.2) is 11.9 Å². The Morgan fingerprint density at radius 1 is 1.15 bits per heavy atom. The van der Waals surface area contributed by atoms with E-state index in [0.717, 1.165) is 80.5 Å². The van der Waals surface area contributed by atoms with Crippen LogP contribution in [0.15, 0.2) is 27.5 Å². The van der Waals surface area contributed by atoms with E-state index in [1.165, 1.54) is 12.1 Å². The molecule has 4 heterocycles. The molecule has 1 aromatic carbocycles. The number of hydrogen-bond acceptors (Lipinski definition) is 8. The molecule has 10 heteroatoms. The van der Waals surface area contributed by atoms with E-state index in [2.05, 4.69) is 10.1 Å². The number of aromatic nitrogens is 3. The van der Waals surface area contributed by atoms with Crippen LogP contribution in [0.2, 0.25) is 0 Å². The van der Waals surface area contributed by atoms with Crippen molar-refractivity contribution < 1.29 is 23.9 Å². The smallest absolute Gasteiger partial charge is 0.257 e. The van der Waals surface area contributed by atoms with Crippen molar-refractivity contribution in [1.82, 2.24) is 19.6 Å². The Hall–Kier alpha value is -2.66. The zero-order valence-corrected chi connectivity index (χ0v) is 23.5. The van der Waals surface area contributed by atoms with Gasteiger partial charge < -0.3 is 24.4 Å². The summed E-state index contributed by atoms with van der Waals surface area (Å²) >= 11 is 0. The maximum atomic E-state index is 13.5. The zero-order valence-electron chi connectivity index (χ0n) is 23.5. The van der Waals surface area contributed by atoms with Crippen LogP contribution < -0.4 is 5.56 Å². The molecule has 0 spiro atoms. The summed E-state index contributed by atoms with van der Waals surface area (Å²) in [6.07, 6.45) is 5.16. The number of nitrogens with zero attached hydrogens (tertiary/aromatic N) is 4. The van der Waals surface area contributed by atoms with Gasteiger partial charge in [0.25, 0.3) is 5.56 Å². The number of unbranched alkanes of at least 4 members (excludes halogenated alkanes) is 1. The standard InChI is InChI=1S/C30H41FN4O5/c1-19(36)6-3-4-8-27(37)39-25-7-5-14-35-29(25)32-20(2)23(30(35)38)13-17-34-15-11-21(12-16-34)28-24-10-9-22(31)18-26(24)40-33-28/h9-10,18-19,21,25,27,36-37H,3-8,11-17H2,1-2H3. The lowest BCUT2D eigenvalue weighted by molar-refractivity contribution is -0.150. The van der Waals surface area contributed by atoms with Gasteiger partial charge in [-0.15, -0.1) is 0 Å². The minimum absolute atomic E-state index is 0.00147. The average molecular weight is 557 g/mol. The Labute approximate surface area is 233 Å². The number of halogens is 1. The van der Waals surface area contributed by atoms with Crippen LogP contribution in [0.4, 0.5) is 4.39 Å². The molecule has 3 aromatic rings. The van der Waals surface area contributed by atoms with Crippen LogP contribution >= 0.6 is 0 Å². The van der Waals surface area contributed by atoms with Crippen molar-refractivity contribution in [3.8, 4) is 0 Å². The molecule has 1 saturated heterocycles. The molecular formula is C30H41FN4O5. The number of aryl methyl sites for hydroxylation is 1. The molecule has 0 bridgehead atoms. The monoisotopic (exact) mass is 556 g/mol. The van der Waals surface area contributed by atoms with E-state index < -0.39 is 12.4 Å². The fourth-order valence-corrected chi connectivity index (χ4v) is 6.11. The molecule has 2 aromatic heterocycles. The number of aliphatic hydroxyl groups is 2. The van der Waals surface area contributed by atoms with E-state index >= 15 is 0 Å². The van der Waals surface area contributed by atoms with Gasteiger partial charge in [-0.05, 0) is 90.4 Å². The summed E-state index contributed by atoms with van der Waals surface area (Å²) in [7, 11) is 0. The fourth-order valence-electron chi connectivity index (χ4n) is 6.11. The van der Waals surface area contributed by atoms with E-state index in [1.807, 2.05) is 6.92 Å². The quantitative estimate of drug-likeness (QED) is 0.265. The van der Waals surface area contributed by atoms with Gasteiger partial charge in [-0.1, -0.05) is 11.6 Å². The number of hydrogen-bond donors (Lipinski definition) is 2. The van der Waals surface area contributed by atoms with Crippen LogP contribution in [0.5, 0.6) is 0 Å². The minimum atomic E-state index is -0.915. The number of rotatable bonds is 11. The second-order valence-electron chi connectivity index (χ2n) is 11.4. The third-order valence-electron chi connectivity index (χ3n) is 8.39. The van der Waals surface area contributed by atoms with E-state index in [4.69, 9.17) is 14.2 Å². The molecule has 40 heavy (non-hydrogen) atoms. The average Bonchev–Trinajstić information content (AvgIpc) is 3.35. The summed E-state index contributed by atoms with van der Waals surface area (Å²) in [5, 5.41) is 25.0. The third-order valence-corrected chi connectivity index (χ3v) is 8.39. The molecule has 1 fully saturated rings. The maximum absolute atomic E-state index is 13.5. The van der Waals surface area contributed by atoms with Gasteiger partial charge in [-0.2, -0.15) is 0 Å². The molecule has 0 aliphatic carbocycles. The Balaban J connectivity index is 1.17. The first kappa shape index (κ1) is 28.9. The molecule has 218 valence electrons. The van der Waals surface area contributed by atoms with Gasteiger partial charge in [0.05, 0.1) is 11.8 Å². The van der Waals surface area contributed by atoms with Crippen molar-refractivity contribution in [2.24, 2.45) is 0 Å². The molecule has 5 rings (SSSR count). The number of fused-ring (bicyclic) bond motifs is 2. The largest absolute Gasteiger partial charge is 0.393 e. The number of aliphatic hydroxyl groups excluding tert-OH is 2. The molecule has 0 saturated carbocycles. The minimum Gasteiger partial charge on any atom is -0.393 e. The Bertz CT molecular complexity index is 1350. The molecule has 0 amide bonds. The number of piperidine rings is 1. The summed E-state index contributed by atoms with van der Waals surface area (Å²) in [4.78, 5) is 20.7. The highest BCUT2D eigenvalue weighted by molar-refractivity contribution is 5.79. The van der Waals surface area contributed by atoms with Crippen molar-refractivity contribution in [1.29, 1.82) is 0 Å². The van der Waals surface area contributed by atoms with Gasteiger partial charge in [0.2, 0.25) is 0 Å². The van der Waals surface area contributed by atoms with Crippen molar-refractivity contribution in [3.05, 3.63) is 57.1 Å². The van der Waals surface area contributed by atoms with Crippen LogP contribution in [0, 0.1) is 12.7 Å². The molecule has 3 unspecified atom stereocenters. The Morgan fingerprint density at radius 2 is 1.93 bits per heavy atom. The summed E-state index contributed by atoms with van der Waals surface area (Å²) in [6.45, 7) is 6.83. The lowest BCUT2D eigenvalue weighted by atomic mass is 9.91. The lowest BCUT2D eigenvalue weighted by Crippen LogP contribution is -2.38. The van der Waals surface area contributed by atoms with Crippen molar-refractivity contribution in [3.63, 3.8) is 0 Å². The van der Waals surface area contributed by atoms with Crippen LogP contribution in [0.25, 0.3) is 11.0 Å². The van der Waals surface area contributed by atoms with Crippen LogP contribution in [-0.2, 0) is 17.7 Å². The second kappa shape index (κ2) is 12.9. The van der Waals surface area contributed by atoms with Crippen LogP contribution in [0.1, 0.15) is 93.1 Å². The van der Waals surface area contributed by atoms with Crippen molar-refractivity contribution in [2.45, 2.75) is 103 Å². The van der Waals surface area contributed by atoms with Gasteiger partial charge in [-0.25, -0.2) is 9.37 Å². The predicted molar refractivity (Wildman–Crippen MR) is 149 cm³/mol. The first-order chi connectivity index (χ1) is 19.3. The number of benzene rings is 1. The SMILES string of the molecule is Cc1nc2n(c(=O)c1CCN1CCC(c3noc4cc(F)ccc34)CC1)CCCC2OC(O)CCCCC(C)O. The first-order valence-corrected chi connectivity index (χ1v) is 14.7. The summed E-state index contributed by atoms with van der Waals surface area (Å²) in [5.74, 6) is 0.556. The molecule has 2 aliphatic heterocycles. The molecular weight excluding hydrogens is 515 g/mol. The highest BCUT2D eigenvalue weighted by atomic mass is 19.1. The van der Waals surface area contributed by atoms with Crippen molar-refractivity contribution in [2.75, 3.05) is 19.6 Å². The third kappa shape index (κ3) is 6.62. The molecule has 3 atom stereocenters. The van der Waals surface area contributed by atoms with Gasteiger partial charge in [0, 0.05) is 41.7 Å². The molecule has 0 radical (unpaired) electrons. The normalized spacial score (nSPS) is 20.1. The molecule has 2 aliphatic rings. The van der Waals surface area contributed by atoms with E-state index in [1.54, 1.807) is 17.6 Å². The first-order valence-electron chi connectivity index (χ1n) is 14.7. The Morgan fingerprint density at radius 3 is 2.70 bits per heavy atom. The van der Waals surface area contributed by atoms with Gasteiger partial charge >= 0.3 is 0 Å². The van der Waals surface area contributed by atoms with E-state index in [9.17, 15) is 19.4 Å². The zero-order chi connectivity index (χ0) is 28.2. The predicted octanol–water partition coefficient (Wildman–Crippen LogP) is 4.37. The summed E-state index contributed by atoms with van der Waals surface area (Å²) in [5.41, 5.74) is 2.87. The maximum Gasteiger partial charge on any atom is 0.257 e. The van der Waals surface area contributed by atoms with Gasteiger partial charge in [-0.3, -0.25) is 9.36 Å². The van der Waals surface area contributed by atoms with Crippen LogP contribution in [0.3, 0.4) is 0 Å². The lowest BCUT2D eigenvalue weighted by Gasteiger charge is -2.31. The molecule has 9 nitrogen and oxygen atoms in total. The van der Waals surface area contributed by atoms with E-state index in [-0.39, 0.29) is 23.4 Å². The van der Waals surface area contributed by atoms with Crippen LogP contribution in [-0.4, -0.2) is 61.8 Å². The van der Waals surface area contributed by atoms with Gasteiger partial charge in [0.1, 0.15) is 17.7 Å². The highest BCUT2D eigenvalue weighted by Crippen LogP contribution is 2.33. The van der Waals surface area contributed by atoms with E-state index in [0.29, 0.717) is 37.2 Å². The highest BCUT2D eigenvalue weighted by Gasteiger charge is 2.29. The summed E-state index contributed by atoms with van der Waals surface area (Å²) in [6, 6.07) is 4.58. The number of ether oxygens (including phenoxy) is 1. The second-order valence-corrected chi connectivity index (χ2v) is 11.4. The number of likely N-dealkylation sites (tertiary alicyclic amines) is 1. The van der Waals surface area contributed by atoms with Crippen molar-refractivity contribution >= 4 is 11.0 Å². The summed E-state index contributed by atoms with van der Waals surface area (Å²) < 4.78 is 26.5. The fraction of sp³-hybridized carbons (Fsp3) is 0.633. The Kier molecular flexibility index (Phi) is 9.30. The topological polar surface area (TPSA) is 114 Å².